The van der Waals surface area contributed by atoms with Crippen molar-refractivity contribution in [3.05, 3.63) is 0 Å². The van der Waals surface area contributed by atoms with Gasteiger partial charge in [-0.2, -0.15) is 17.0 Å². The van der Waals surface area contributed by atoms with Crippen molar-refractivity contribution in [3.63, 3.8) is 0 Å². The van der Waals surface area contributed by atoms with Gasteiger partial charge in [-0.25, -0.2) is 0 Å². The summed E-state index contributed by atoms with van der Waals surface area (Å²) >= 11 is 0. The first-order valence-electron chi connectivity index (χ1n) is 8.74. The van der Waals surface area contributed by atoms with Crippen molar-refractivity contribution < 1.29 is 23.1 Å². The summed E-state index contributed by atoms with van der Waals surface area (Å²) in [6.07, 6.45) is 5.15. The Morgan fingerprint density at radius 3 is 2.28 bits per heavy atom. The molecule has 0 spiro atoms. The van der Waals surface area contributed by atoms with Gasteiger partial charge in [0.2, 0.25) is 5.91 Å². The van der Waals surface area contributed by atoms with Gasteiger partial charge in [0.05, 0.1) is 6.54 Å². The monoisotopic (exact) mass is 376 g/mol. The maximum atomic E-state index is 12.8. The van der Waals surface area contributed by atoms with Gasteiger partial charge in [-0.15, -0.1) is 0 Å². The van der Waals surface area contributed by atoms with E-state index in [4.69, 9.17) is 5.11 Å². The first-order chi connectivity index (χ1) is 11.8. The lowest BCUT2D eigenvalue weighted by Gasteiger charge is -2.38. The summed E-state index contributed by atoms with van der Waals surface area (Å²) < 4.78 is 28.6. The highest BCUT2D eigenvalue weighted by atomic mass is 32.2. The van der Waals surface area contributed by atoms with Gasteiger partial charge in [-0.05, 0) is 12.8 Å². The molecule has 1 aliphatic carbocycles. The molecule has 2 fully saturated rings. The molecule has 10 heteroatoms. The number of carbonyl (C=O) groups excluding carboxylic acids is 1. The Balaban J connectivity index is 1.81. The van der Waals surface area contributed by atoms with Crippen molar-refractivity contribution in [2.45, 2.75) is 38.1 Å². The molecular weight excluding hydrogens is 348 g/mol. The second kappa shape index (κ2) is 8.93. The number of nitrogens with one attached hydrogen (secondary N) is 1. The molecule has 0 aromatic carbocycles. The molecule has 9 nitrogen and oxygen atoms in total. The topological polar surface area (TPSA) is 110 Å². The van der Waals surface area contributed by atoms with Crippen molar-refractivity contribution in [3.8, 4) is 0 Å². The third kappa shape index (κ3) is 5.63. The SMILES string of the molecule is CN(C1CCCCC1)S(=O)(=O)N1CCN(CC(=O)NCC(=O)O)CC1. The van der Waals surface area contributed by atoms with Gasteiger partial charge in [0.15, 0.2) is 0 Å². The molecule has 2 aliphatic rings. The van der Waals surface area contributed by atoms with Crippen LogP contribution >= 0.6 is 0 Å². The third-order valence-corrected chi connectivity index (χ3v) is 6.96. The molecule has 1 saturated carbocycles. The summed E-state index contributed by atoms with van der Waals surface area (Å²) in [6.45, 7) is 1.27. The van der Waals surface area contributed by atoms with E-state index >= 15 is 0 Å². The molecule has 144 valence electrons. The summed E-state index contributed by atoms with van der Waals surface area (Å²) in [5.41, 5.74) is 0. The molecule has 0 bridgehead atoms. The molecule has 0 radical (unpaired) electrons. The number of hydrogen-bond acceptors (Lipinski definition) is 5. The number of carboxylic acid groups (broad SMARTS) is 1. The molecule has 25 heavy (non-hydrogen) atoms. The lowest BCUT2D eigenvalue weighted by atomic mass is 9.96. The highest BCUT2D eigenvalue weighted by Crippen LogP contribution is 2.25. The number of nitrogens with zero attached hydrogens (tertiary/aromatic N) is 3. The average Bonchev–Trinajstić information content (AvgIpc) is 2.60. The highest BCUT2D eigenvalue weighted by Gasteiger charge is 2.34. The molecule has 2 N–H and O–H groups in total. The lowest BCUT2D eigenvalue weighted by Crippen LogP contribution is -2.55. The summed E-state index contributed by atoms with van der Waals surface area (Å²) in [7, 11) is -1.81. The fourth-order valence-electron chi connectivity index (χ4n) is 3.37. The van der Waals surface area contributed by atoms with Crippen molar-refractivity contribution in [1.29, 1.82) is 0 Å². The fourth-order valence-corrected chi connectivity index (χ4v) is 4.94. The molecule has 1 saturated heterocycles. The van der Waals surface area contributed by atoms with Crippen LogP contribution in [0.3, 0.4) is 0 Å². The molecular formula is C15H28N4O5S. The van der Waals surface area contributed by atoms with Crippen LogP contribution in [0.5, 0.6) is 0 Å². The van der Waals surface area contributed by atoms with Gasteiger partial charge in [-0.3, -0.25) is 14.5 Å². The largest absolute Gasteiger partial charge is 0.480 e. The Bertz CT molecular complexity index is 568. The maximum Gasteiger partial charge on any atom is 0.322 e. The van der Waals surface area contributed by atoms with Crippen LogP contribution in [-0.4, -0.2) is 91.3 Å². The van der Waals surface area contributed by atoms with Gasteiger partial charge >= 0.3 is 5.97 Å². The number of rotatable bonds is 7. The molecule has 1 heterocycles. The van der Waals surface area contributed by atoms with Gasteiger partial charge < -0.3 is 10.4 Å². The van der Waals surface area contributed by atoms with Gasteiger partial charge in [0.25, 0.3) is 10.2 Å². The molecule has 1 amide bonds. The van der Waals surface area contributed by atoms with Crippen molar-refractivity contribution in [2.75, 3.05) is 46.3 Å². The van der Waals surface area contributed by atoms with Gasteiger partial charge in [-0.1, -0.05) is 19.3 Å². The van der Waals surface area contributed by atoms with Crippen LogP contribution in [0.25, 0.3) is 0 Å². The number of carbonyl (C=O) groups is 2. The van der Waals surface area contributed by atoms with E-state index in [2.05, 4.69) is 5.32 Å². The Kier molecular flexibility index (Phi) is 7.17. The summed E-state index contributed by atoms with van der Waals surface area (Å²) in [5, 5.41) is 10.9. The zero-order chi connectivity index (χ0) is 18.4. The van der Waals surface area contributed by atoms with E-state index in [0.717, 1.165) is 25.7 Å². The van der Waals surface area contributed by atoms with E-state index in [1.807, 2.05) is 4.90 Å². The number of carboxylic acids is 1. The Labute approximate surface area is 149 Å². The predicted molar refractivity (Wildman–Crippen MR) is 92.2 cm³/mol. The third-order valence-electron chi connectivity index (χ3n) is 4.91. The standard InChI is InChI=1S/C15H28N4O5S/c1-17(13-5-3-2-4-6-13)25(23,24)19-9-7-18(8-10-19)12-14(20)16-11-15(21)22/h13H,2-12H2,1H3,(H,16,20)(H,21,22). The van der Waals surface area contributed by atoms with Crippen LogP contribution in [-0.2, 0) is 19.8 Å². The zero-order valence-electron chi connectivity index (χ0n) is 14.7. The number of piperazine rings is 1. The van der Waals surface area contributed by atoms with E-state index in [0.29, 0.717) is 26.2 Å². The van der Waals surface area contributed by atoms with E-state index in [1.165, 1.54) is 15.0 Å². The van der Waals surface area contributed by atoms with Crippen LogP contribution in [0, 0.1) is 0 Å². The van der Waals surface area contributed by atoms with Crippen molar-refractivity contribution in [1.82, 2.24) is 18.8 Å². The van der Waals surface area contributed by atoms with E-state index in [9.17, 15) is 18.0 Å². The lowest BCUT2D eigenvalue weighted by molar-refractivity contribution is -0.138. The molecule has 1 aliphatic heterocycles. The highest BCUT2D eigenvalue weighted by molar-refractivity contribution is 7.86. The molecule has 0 aromatic heterocycles. The second-order valence-corrected chi connectivity index (χ2v) is 8.65. The Hall–Kier alpha value is -1.23. The van der Waals surface area contributed by atoms with Crippen LogP contribution in [0.4, 0.5) is 0 Å². The minimum atomic E-state index is -3.47. The van der Waals surface area contributed by atoms with Crippen molar-refractivity contribution in [2.24, 2.45) is 0 Å². The molecule has 2 rings (SSSR count). The van der Waals surface area contributed by atoms with E-state index < -0.39 is 22.7 Å². The maximum absolute atomic E-state index is 12.8. The number of amides is 1. The first-order valence-corrected chi connectivity index (χ1v) is 10.1. The van der Waals surface area contributed by atoms with Crippen molar-refractivity contribution >= 4 is 22.1 Å². The second-order valence-electron chi connectivity index (χ2n) is 6.66. The van der Waals surface area contributed by atoms with E-state index in [-0.39, 0.29) is 18.5 Å². The zero-order valence-corrected chi connectivity index (χ0v) is 15.5. The smallest absolute Gasteiger partial charge is 0.322 e. The van der Waals surface area contributed by atoms with E-state index in [1.54, 1.807) is 7.05 Å². The Morgan fingerprint density at radius 2 is 1.72 bits per heavy atom. The van der Waals surface area contributed by atoms with Gasteiger partial charge in [0.1, 0.15) is 6.54 Å². The van der Waals surface area contributed by atoms with Crippen LogP contribution < -0.4 is 5.32 Å². The summed E-state index contributed by atoms with van der Waals surface area (Å²) in [4.78, 5) is 23.9. The van der Waals surface area contributed by atoms with Gasteiger partial charge in [0, 0.05) is 39.3 Å². The van der Waals surface area contributed by atoms with Crippen LogP contribution in [0.1, 0.15) is 32.1 Å². The average molecular weight is 376 g/mol. The molecule has 0 atom stereocenters. The first kappa shape index (κ1) is 20.1. The Morgan fingerprint density at radius 1 is 1.12 bits per heavy atom. The quantitative estimate of drug-likeness (QED) is 0.609. The predicted octanol–water partition coefficient (Wildman–Crippen LogP) is -0.686. The number of aliphatic carboxylic acids is 1. The normalized spacial score (nSPS) is 21.4. The fraction of sp³-hybridized carbons (Fsp3) is 0.867. The minimum absolute atomic E-state index is 0.0820. The number of hydrogen-bond donors (Lipinski definition) is 2. The minimum Gasteiger partial charge on any atom is -0.480 e. The molecule has 0 unspecified atom stereocenters. The summed E-state index contributed by atoms with van der Waals surface area (Å²) in [6, 6.07) is 0.0820. The summed E-state index contributed by atoms with van der Waals surface area (Å²) in [5.74, 6) is -1.45. The van der Waals surface area contributed by atoms with Crippen LogP contribution in [0.2, 0.25) is 0 Å². The van der Waals surface area contributed by atoms with Crippen LogP contribution in [0.15, 0.2) is 0 Å². The molecule has 0 aromatic rings.